The van der Waals surface area contributed by atoms with Crippen LogP contribution >= 0.6 is 0 Å². The minimum absolute atomic E-state index is 0.234. The third kappa shape index (κ3) is 3.90. The Labute approximate surface area is 122 Å². The van der Waals surface area contributed by atoms with Crippen LogP contribution in [0, 0.1) is 0 Å². The second kappa shape index (κ2) is 6.99. The van der Waals surface area contributed by atoms with Crippen molar-refractivity contribution in [3.05, 3.63) is 29.8 Å². The summed E-state index contributed by atoms with van der Waals surface area (Å²) in [6, 6.07) is 6.88. The minimum Gasteiger partial charge on any atom is -0.478 e. The van der Waals surface area contributed by atoms with Gasteiger partial charge in [-0.1, -0.05) is 6.42 Å². The van der Waals surface area contributed by atoms with E-state index in [1.165, 1.54) is 31.4 Å². The Kier molecular flexibility index (Phi) is 5.31. The van der Waals surface area contributed by atoms with Crippen molar-refractivity contribution >= 4 is 16.8 Å². The number of carboxylic acid groups (broad SMARTS) is 1. The van der Waals surface area contributed by atoms with E-state index in [0.29, 0.717) is 16.7 Å². The first-order valence-electron chi connectivity index (χ1n) is 7.00. The van der Waals surface area contributed by atoms with Gasteiger partial charge in [0.25, 0.3) is 0 Å². The van der Waals surface area contributed by atoms with Crippen LogP contribution in [0.4, 0.5) is 0 Å². The molecule has 1 aromatic rings. The summed E-state index contributed by atoms with van der Waals surface area (Å²) < 4.78 is 12.2. The molecule has 0 spiro atoms. The summed E-state index contributed by atoms with van der Waals surface area (Å²) in [7, 11) is 1.09. The van der Waals surface area contributed by atoms with Gasteiger partial charge >= 0.3 is 5.97 Å². The monoisotopic (exact) mass is 295 g/mol. The molecule has 1 aromatic carbocycles. The van der Waals surface area contributed by atoms with Crippen molar-refractivity contribution in [3.63, 3.8) is 0 Å². The third-order valence-corrected chi connectivity index (χ3v) is 5.33. The van der Waals surface area contributed by atoms with Crippen molar-refractivity contribution in [1.29, 1.82) is 0 Å². The summed E-state index contributed by atoms with van der Waals surface area (Å²) in [5.41, 5.74) is 0.234. The van der Waals surface area contributed by atoms with E-state index in [-0.39, 0.29) is 5.56 Å². The molecule has 1 saturated heterocycles. The maximum atomic E-state index is 12.2. The number of rotatable bonds is 5. The Bertz CT molecular complexity index is 486. The average molecular weight is 295 g/mol. The fourth-order valence-corrected chi connectivity index (χ4v) is 3.78. The number of carbonyl (C=O) groups is 1. The van der Waals surface area contributed by atoms with Gasteiger partial charge in [-0.3, -0.25) is 4.21 Å². The van der Waals surface area contributed by atoms with Gasteiger partial charge in [-0.15, -0.1) is 0 Å². The molecule has 2 rings (SSSR count). The Hall–Kier alpha value is -1.20. The van der Waals surface area contributed by atoms with Gasteiger partial charge in [0, 0.05) is 16.7 Å². The molecule has 0 aliphatic carbocycles. The number of piperidine rings is 1. The predicted molar refractivity (Wildman–Crippen MR) is 79.6 cm³/mol. The van der Waals surface area contributed by atoms with Gasteiger partial charge in [0.15, 0.2) is 0 Å². The lowest BCUT2D eigenvalue weighted by Crippen LogP contribution is -2.37. The first kappa shape index (κ1) is 15.2. The summed E-state index contributed by atoms with van der Waals surface area (Å²) in [5, 5.41) is 8.84. The number of benzene rings is 1. The topological polar surface area (TPSA) is 57.6 Å². The largest absolute Gasteiger partial charge is 0.478 e. The van der Waals surface area contributed by atoms with E-state index in [2.05, 4.69) is 11.9 Å². The number of likely N-dealkylation sites (tertiary alicyclic amines) is 1. The maximum Gasteiger partial charge on any atom is 0.335 e. The molecule has 2 atom stereocenters. The second-order valence-electron chi connectivity index (χ2n) is 5.30. The Morgan fingerprint density at radius 1 is 1.35 bits per heavy atom. The molecule has 0 aromatic heterocycles. The molecule has 2 unspecified atom stereocenters. The lowest BCUT2D eigenvalue weighted by molar-refractivity contribution is 0.0697. The normalized spacial score (nSPS) is 21.6. The molecule has 1 heterocycles. The predicted octanol–water partition coefficient (Wildman–Crippen LogP) is 2.37. The van der Waals surface area contributed by atoms with E-state index in [1.54, 1.807) is 12.1 Å². The highest BCUT2D eigenvalue weighted by Crippen LogP contribution is 2.19. The molecule has 1 fully saturated rings. The molecule has 5 heteroatoms. The van der Waals surface area contributed by atoms with Gasteiger partial charge in [0.05, 0.1) is 16.4 Å². The van der Waals surface area contributed by atoms with Crippen LogP contribution in [-0.2, 0) is 10.8 Å². The summed E-state index contributed by atoms with van der Waals surface area (Å²) in [5.74, 6) is -0.312. The Morgan fingerprint density at radius 3 is 2.65 bits per heavy atom. The number of hydrogen-bond acceptors (Lipinski definition) is 3. The van der Waals surface area contributed by atoms with Crippen molar-refractivity contribution in [2.24, 2.45) is 0 Å². The van der Waals surface area contributed by atoms with E-state index in [4.69, 9.17) is 5.11 Å². The first-order valence-corrected chi connectivity index (χ1v) is 8.32. The number of carboxylic acids is 1. The van der Waals surface area contributed by atoms with E-state index in [0.717, 1.165) is 13.0 Å². The highest BCUT2D eigenvalue weighted by molar-refractivity contribution is 7.85. The number of nitrogens with zero attached hydrogens (tertiary/aromatic N) is 1. The van der Waals surface area contributed by atoms with Gasteiger partial charge < -0.3 is 10.0 Å². The highest BCUT2D eigenvalue weighted by atomic mass is 32.2. The zero-order valence-corrected chi connectivity index (χ0v) is 12.6. The average Bonchev–Trinajstić information content (AvgIpc) is 2.46. The third-order valence-electron chi connectivity index (χ3n) is 3.92. The van der Waals surface area contributed by atoms with E-state index in [1.807, 2.05) is 0 Å². The molecule has 1 aliphatic heterocycles. The molecule has 4 nitrogen and oxygen atoms in total. The Balaban J connectivity index is 1.89. The van der Waals surface area contributed by atoms with E-state index >= 15 is 0 Å². The van der Waals surface area contributed by atoms with Crippen LogP contribution in [0.3, 0.4) is 0 Å². The molecule has 110 valence electrons. The summed E-state index contributed by atoms with van der Waals surface area (Å²) >= 11 is 0. The van der Waals surface area contributed by atoms with Crippen molar-refractivity contribution in [2.45, 2.75) is 36.6 Å². The molecule has 1 N–H and O–H groups in total. The van der Waals surface area contributed by atoms with Crippen molar-refractivity contribution in [3.8, 4) is 0 Å². The van der Waals surface area contributed by atoms with Crippen LogP contribution in [-0.4, -0.2) is 45.6 Å². The lowest BCUT2D eigenvalue weighted by atomic mass is 10.0. The van der Waals surface area contributed by atoms with Gasteiger partial charge in [-0.2, -0.15) is 0 Å². The van der Waals surface area contributed by atoms with Crippen LogP contribution in [0.1, 0.15) is 36.0 Å². The second-order valence-corrected chi connectivity index (χ2v) is 6.87. The quantitative estimate of drug-likeness (QED) is 0.906. The van der Waals surface area contributed by atoms with Gasteiger partial charge in [-0.25, -0.2) is 4.79 Å². The minimum atomic E-state index is -1.04. The van der Waals surface area contributed by atoms with Gasteiger partial charge in [0.2, 0.25) is 0 Å². The zero-order chi connectivity index (χ0) is 14.5. The molecule has 1 aliphatic rings. The zero-order valence-electron chi connectivity index (χ0n) is 11.7. The van der Waals surface area contributed by atoms with Crippen LogP contribution in [0.2, 0.25) is 0 Å². The van der Waals surface area contributed by atoms with Gasteiger partial charge in [-0.05, 0) is 57.1 Å². The SMILES string of the molecule is CN1CCCCC1CCS(=O)c1ccc(C(=O)O)cc1. The van der Waals surface area contributed by atoms with Crippen LogP contribution in [0.15, 0.2) is 29.2 Å². The standard InChI is InChI=1S/C15H21NO3S/c1-16-10-3-2-4-13(16)9-11-20(19)14-7-5-12(6-8-14)15(17)18/h5-8,13H,2-4,9-11H2,1H3,(H,17,18). The lowest BCUT2D eigenvalue weighted by Gasteiger charge is -2.32. The van der Waals surface area contributed by atoms with E-state index < -0.39 is 16.8 Å². The van der Waals surface area contributed by atoms with Crippen molar-refractivity contribution in [2.75, 3.05) is 19.3 Å². The molecular weight excluding hydrogens is 274 g/mol. The van der Waals surface area contributed by atoms with Crippen molar-refractivity contribution < 1.29 is 14.1 Å². The number of hydrogen-bond donors (Lipinski definition) is 1. The molecule has 0 radical (unpaired) electrons. The van der Waals surface area contributed by atoms with Crippen LogP contribution in [0.5, 0.6) is 0 Å². The fraction of sp³-hybridized carbons (Fsp3) is 0.533. The number of aromatic carboxylic acids is 1. The maximum absolute atomic E-state index is 12.2. The fourth-order valence-electron chi connectivity index (χ4n) is 2.62. The summed E-state index contributed by atoms with van der Waals surface area (Å²) in [6.45, 7) is 1.13. The van der Waals surface area contributed by atoms with Crippen LogP contribution in [0.25, 0.3) is 0 Å². The Morgan fingerprint density at radius 2 is 2.05 bits per heavy atom. The summed E-state index contributed by atoms with van der Waals surface area (Å²) in [6.07, 6.45) is 4.64. The molecule has 0 amide bonds. The molecule has 0 saturated carbocycles. The molecule has 0 bridgehead atoms. The van der Waals surface area contributed by atoms with Crippen LogP contribution < -0.4 is 0 Å². The highest BCUT2D eigenvalue weighted by Gasteiger charge is 2.19. The molecular formula is C15H21NO3S. The van der Waals surface area contributed by atoms with Gasteiger partial charge in [0.1, 0.15) is 0 Å². The first-order chi connectivity index (χ1) is 9.58. The van der Waals surface area contributed by atoms with E-state index in [9.17, 15) is 9.00 Å². The smallest absolute Gasteiger partial charge is 0.335 e. The molecule has 20 heavy (non-hydrogen) atoms. The van der Waals surface area contributed by atoms with Crippen molar-refractivity contribution in [1.82, 2.24) is 4.90 Å². The summed E-state index contributed by atoms with van der Waals surface area (Å²) in [4.78, 5) is 13.8.